The van der Waals surface area contributed by atoms with Crippen molar-refractivity contribution in [2.24, 2.45) is 5.11 Å². The van der Waals surface area contributed by atoms with Gasteiger partial charge >= 0.3 is 0 Å². The number of aliphatic hydroxyl groups excluding tert-OH is 1. The van der Waals surface area contributed by atoms with Crippen molar-refractivity contribution in [3.63, 3.8) is 0 Å². The van der Waals surface area contributed by atoms with E-state index in [9.17, 15) is 5.11 Å². The third-order valence-electron chi connectivity index (χ3n) is 2.11. The number of aliphatic hydroxyl groups is 1. The highest BCUT2D eigenvalue weighted by atomic mass is 16.3. The van der Waals surface area contributed by atoms with Crippen LogP contribution in [0.5, 0.6) is 0 Å². The quantitative estimate of drug-likeness (QED) is 0.445. The Balaban J connectivity index is 2.83. The highest BCUT2D eigenvalue weighted by Crippen LogP contribution is 2.19. The summed E-state index contributed by atoms with van der Waals surface area (Å²) in [5, 5.41) is 13.2. The number of aryl methyl sites for hydroxylation is 1. The normalized spacial score (nSPS) is 14.2. The monoisotopic (exact) mass is 191 g/mol. The maximum absolute atomic E-state index is 9.75. The Bertz CT molecular complexity index is 341. The molecule has 4 nitrogen and oxygen atoms in total. The maximum atomic E-state index is 9.75. The summed E-state index contributed by atoms with van der Waals surface area (Å²) in [7, 11) is 0. The van der Waals surface area contributed by atoms with E-state index in [0.29, 0.717) is 0 Å². The van der Waals surface area contributed by atoms with Crippen LogP contribution in [0.25, 0.3) is 10.4 Å². The number of rotatable bonds is 3. The average molecular weight is 191 g/mol. The fraction of sp³-hybridized carbons (Fsp3) is 0.400. The Labute approximate surface area is 82.8 Å². The fourth-order valence-corrected chi connectivity index (χ4v) is 1.19. The maximum Gasteiger partial charge on any atom is 0.0872 e. The summed E-state index contributed by atoms with van der Waals surface area (Å²) >= 11 is 0. The van der Waals surface area contributed by atoms with Crippen LogP contribution < -0.4 is 0 Å². The lowest BCUT2D eigenvalue weighted by Gasteiger charge is -2.14. The molecule has 0 aliphatic heterocycles. The summed E-state index contributed by atoms with van der Waals surface area (Å²) in [4.78, 5) is 2.66. The van der Waals surface area contributed by atoms with Crippen molar-refractivity contribution in [3.05, 3.63) is 45.8 Å². The van der Waals surface area contributed by atoms with Gasteiger partial charge < -0.3 is 5.11 Å². The van der Waals surface area contributed by atoms with E-state index < -0.39 is 12.1 Å². The molecule has 0 unspecified atom stereocenters. The molecular weight excluding hydrogens is 178 g/mol. The van der Waals surface area contributed by atoms with Crippen LogP contribution in [0.15, 0.2) is 29.4 Å². The van der Waals surface area contributed by atoms with Gasteiger partial charge in [-0.3, -0.25) is 0 Å². The minimum atomic E-state index is -0.730. The number of hydrogen-bond acceptors (Lipinski definition) is 2. The van der Waals surface area contributed by atoms with Crippen LogP contribution >= 0.6 is 0 Å². The molecular formula is C10H13N3O. The molecule has 74 valence electrons. The molecule has 1 rings (SSSR count). The lowest BCUT2D eigenvalue weighted by atomic mass is 10.0. The van der Waals surface area contributed by atoms with E-state index >= 15 is 0 Å². The van der Waals surface area contributed by atoms with Crippen molar-refractivity contribution >= 4 is 0 Å². The van der Waals surface area contributed by atoms with E-state index in [0.717, 1.165) is 11.1 Å². The van der Waals surface area contributed by atoms with Crippen LogP contribution in [0.1, 0.15) is 24.2 Å². The van der Waals surface area contributed by atoms with Crippen molar-refractivity contribution in [2.45, 2.75) is 26.0 Å². The lowest BCUT2D eigenvalue weighted by Crippen LogP contribution is -2.11. The molecule has 1 aromatic rings. The topological polar surface area (TPSA) is 69.0 Å². The molecule has 0 heterocycles. The molecule has 0 bridgehead atoms. The van der Waals surface area contributed by atoms with Crippen molar-refractivity contribution in [3.8, 4) is 0 Å². The summed E-state index contributed by atoms with van der Waals surface area (Å²) < 4.78 is 0. The molecule has 14 heavy (non-hydrogen) atoms. The molecule has 0 radical (unpaired) electrons. The highest BCUT2D eigenvalue weighted by Gasteiger charge is 2.13. The minimum Gasteiger partial charge on any atom is -0.388 e. The number of hydrogen-bond donors (Lipinski definition) is 1. The van der Waals surface area contributed by atoms with Gasteiger partial charge in [-0.15, -0.1) is 0 Å². The summed E-state index contributed by atoms with van der Waals surface area (Å²) in [5.74, 6) is 0. The summed E-state index contributed by atoms with van der Waals surface area (Å²) in [6.07, 6.45) is -0.730. The standard InChI is InChI=1S/C10H13N3O/c1-7-3-5-9(6-4-7)10(14)8(2)12-13-11/h3-6,8,10,14H,1-2H3/t8-,10+/m0/s1. The van der Waals surface area contributed by atoms with E-state index in [1.54, 1.807) is 6.92 Å². The first-order valence-electron chi connectivity index (χ1n) is 4.44. The fourth-order valence-electron chi connectivity index (χ4n) is 1.19. The second-order valence-electron chi connectivity index (χ2n) is 3.30. The molecule has 0 amide bonds. The summed E-state index contributed by atoms with van der Waals surface area (Å²) in [6.45, 7) is 3.66. The van der Waals surface area contributed by atoms with Gasteiger partial charge in [0, 0.05) is 4.91 Å². The van der Waals surface area contributed by atoms with Crippen LogP contribution in [0, 0.1) is 6.92 Å². The van der Waals surface area contributed by atoms with Crippen LogP contribution in [0.2, 0.25) is 0 Å². The molecule has 0 aromatic heterocycles. The van der Waals surface area contributed by atoms with Gasteiger partial charge in [0.05, 0.1) is 12.1 Å². The third-order valence-corrected chi connectivity index (χ3v) is 2.11. The van der Waals surface area contributed by atoms with Gasteiger partial charge in [-0.25, -0.2) is 0 Å². The predicted molar refractivity (Wildman–Crippen MR) is 54.7 cm³/mol. The molecule has 0 aliphatic carbocycles. The Kier molecular flexibility index (Phi) is 3.51. The molecule has 0 fully saturated rings. The smallest absolute Gasteiger partial charge is 0.0872 e. The van der Waals surface area contributed by atoms with Crippen molar-refractivity contribution in [2.75, 3.05) is 0 Å². The number of benzene rings is 1. The van der Waals surface area contributed by atoms with E-state index in [-0.39, 0.29) is 0 Å². The van der Waals surface area contributed by atoms with E-state index in [1.807, 2.05) is 31.2 Å². The SMILES string of the molecule is Cc1ccc([C@H](O)[C@H](C)N=[N+]=[N-])cc1. The van der Waals surface area contributed by atoms with Gasteiger partial charge in [0.25, 0.3) is 0 Å². The first kappa shape index (κ1) is 10.6. The predicted octanol–water partition coefficient (Wildman–Crippen LogP) is 2.73. The van der Waals surface area contributed by atoms with Crippen LogP contribution in [0.4, 0.5) is 0 Å². The lowest BCUT2D eigenvalue weighted by molar-refractivity contribution is 0.153. The van der Waals surface area contributed by atoms with Gasteiger partial charge in [-0.2, -0.15) is 0 Å². The van der Waals surface area contributed by atoms with Gasteiger partial charge in [-0.05, 0) is 18.0 Å². The Morgan fingerprint density at radius 2 is 1.93 bits per heavy atom. The molecule has 0 saturated heterocycles. The van der Waals surface area contributed by atoms with E-state index in [4.69, 9.17) is 5.53 Å². The second kappa shape index (κ2) is 4.65. The average Bonchev–Trinajstić information content (AvgIpc) is 2.18. The first-order valence-corrected chi connectivity index (χ1v) is 4.44. The van der Waals surface area contributed by atoms with Crippen LogP contribution in [-0.2, 0) is 0 Å². The zero-order valence-corrected chi connectivity index (χ0v) is 8.25. The molecule has 0 aliphatic rings. The van der Waals surface area contributed by atoms with E-state index in [2.05, 4.69) is 10.0 Å². The number of azide groups is 1. The van der Waals surface area contributed by atoms with Gasteiger partial charge in [-0.1, -0.05) is 41.9 Å². The highest BCUT2D eigenvalue weighted by molar-refractivity contribution is 5.23. The zero-order chi connectivity index (χ0) is 10.6. The van der Waals surface area contributed by atoms with Crippen LogP contribution in [-0.4, -0.2) is 11.1 Å². The van der Waals surface area contributed by atoms with Gasteiger partial charge in [0.15, 0.2) is 0 Å². The Morgan fingerprint density at radius 1 is 1.36 bits per heavy atom. The largest absolute Gasteiger partial charge is 0.388 e. The molecule has 0 spiro atoms. The molecule has 1 aromatic carbocycles. The zero-order valence-electron chi connectivity index (χ0n) is 8.25. The minimum absolute atomic E-state index is 0.442. The van der Waals surface area contributed by atoms with Gasteiger partial charge in [0.2, 0.25) is 0 Å². The van der Waals surface area contributed by atoms with Crippen molar-refractivity contribution in [1.82, 2.24) is 0 Å². The van der Waals surface area contributed by atoms with Crippen LogP contribution in [0.3, 0.4) is 0 Å². The molecule has 4 heteroatoms. The van der Waals surface area contributed by atoms with Gasteiger partial charge in [0.1, 0.15) is 0 Å². The molecule has 2 atom stereocenters. The molecule has 1 N–H and O–H groups in total. The Morgan fingerprint density at radius 3 is 2.43 bits per heavy atom. The first-order chi connectivity index (χ1) is 6.65. The van der Waals surface area contributed by atoms with Crippen molar-refractivity contribution in [1.29, 1.82) is 0 Å². The van der Waals surface area contributed by atoms with Crippen molar-refractivity contribution < 1.29 is 5.11 Å². The summed E-state index contributed by atoms with van der Waals surface area (Å²) in [5.41, 5.74) is 10.1. The number of nitrogens with zero attached hydrogens (tertiary/aromatic N) is 3. The molecule has 0 saturated carbocycles. The summed E-state index contributed by atoms with van der Waals surface area (Å²) in [6, 6.07) is 7.07. The third kappa shape index (κ3) is 2.49. The van der Waals surface area contributed by atoms with E-state index in [1.165, 1.54) is 0 Å². The Hall–Kier alpha value is -1.51. The second-order valence-corrected chi connectivity index (χ2v) is 3.30.